The van der Waals surface area contributed by atoms with Gasteiger partial charge in [0.15, 0.2) is 0 Å². The summed E-state index contributed by atoms with van der Waals surface area (Å²) in [6.07, 6.45) is 6.84. The molecule has 0 bridgehead atoms. The third kappa shape index (κ3) is 1.28. The highest BCUT2D eigenvalue weighted by molar-refractivity contribution is 5.89. The smallest absolute Gasteiger partial charge is 0.354 e. The number of carboxylic acids is 1. The van der Waals surface area contributed by atoms with Gasteiger partial charge in [0.25, 0.3) is 0 Å². The number of pyridine rings is 1. The topological polar surface area (TPSA) is 68.0 Å². The molecule has 0 unspecified atom stereocenters. The van der Waals surface area contributed by atoms with E-state index in [1.165, 1.54) is 12.6 Å². The Bertz CT molecular complexity index is 557. The normalized spacial score (nSPS) is 16.2. The molecule has 0 atom stereocenters. The Balaban J connectivity index is 2.15. The number of rotatable bonds is 2. The first-order valence-electron chi connectivity index (χ1n) is 5.31. The fraction of sp³-hybridized carbons (Fsp3) is 0.364. The maximum Gasteiger partial charge on any atom is 0.354 e. The van der Waals surface area contributed by atoms with E-state index in [4.69, 9.17) is 5.11 Å². The van der Waals surface area contributed by atoms with Crippen molar-refractivity contribution in [1.29, 1.82) is 0 Å². The predicted octanol–water partition coefficient (Wildman–Crippen LogP) is 1.85. The second-order valence-electron chi connectivity index (χ2n) is 4.10. The monoisotopic (exact) mass is 217 g/mol. The minimum absolute atomic E-state index is 0.0774. The highest BCUT2D eigenvalue weighted by Gasteiger charge is 2.21. The van der Waals surface area contributed by atoms with Crippen molar-refractivity contribution in [3.05, 3.63) is 24.3 Å². The largest absolute Gasteiger partial charge is 0.477 e. The molecule has 2 aromatic rings. The molecule has 0 spiro atoms. The summed E-state index contributed by atoms with van der Waals surface area (Å²) in [5, 5.41) is 8.89. The molecule has 0 radical (unpaired) electrons. The van der Waals surface area contributed by atoms with Crippen molar-refractivity contribution in [3.63, 3.8) is 0 Å². The van der Waals surface area contributed by atoms with Gasteiger partial charge < -0.3 is 9.67 Å². The van der Waals surface area contributed by atoms with Crippen LogP contribution in [0.3, 0.4) is 0 Å². The van der Waals surface area contributed by atoms with Crippen LogP contribution < -0.4 is 0 Å². The van der Waals surface area contributed by atoms with E-state index in [-0.39, 0.29) is 5.69 Å². The first-order valence-corrected chi connectivity index (χ1v) is 5.31. The molecule has 1 N–H and O–H groups in total. The fourth-order valence-corrected chi connectivity index (χ4v) is 2.00. The van der Waals surface area contributed by atoms with Crippen LogP contribution in [0.5, 0.6) is 0 Å². The molecule has 0 aromatic carbocycles. The maximum absolute atomic E-state index is 10.8. The lowest BCUT2D eigenvalue weighted by Gasteiger charge is -2.27. The van der Waals surface area contributed by atoms with Gasteiger partial charge in [-0.1, -0.05) is 0 Å². The number of fused-ring (bicyclic) bond motifs is 1. The predicted molar refractivity (Wildman–Crippen MR) is 57.4 cm³/mol. The highest BCUT2D eigenvalue weighted by atomic mass is 16.4. The lowest BCUT2D eigenvalue weighted by Crippen LogP contribution is -2.16. The van der Waals surface area contributed by atoms with Gasteiger partial charge in [0.1, 0.15) is 11.2 Å². The van der Waals surface area contributed by atoms with Gasteiger partial charge in [-0.2, -0.15) is 0 Å². The van der Waals surface area contributed by atoms with Crippen LogP contribution in [0.15, 0.2) is 18.6 Å². The zero-order valence-electron chi connectivity index (χ0n) is 8.63. The van der Waals surface area contributed by atoms with Crippen LogP contribution in [0.4, 0.5) is 0 Å². The van der Waals surface area contributed by atoms with Gasteiger partial charge in [-0.25, -0.2) is 14.8 Å². The van der Waals surface area contributed by atoms with E-state index in [1.54, 1.807) is 12.4 Å². The summed E-state index contributed by atoms with van der Waals surface area (Å²) in [4.78, 5) is 18.9. The first-order chi connectivity index (χ1) is 7.75. The molecule has 1 aliphatic rings. The number of aromatic carboxylic acids is 1. The molecule has 2 aromatic heterocycles. The van der Waals surface area contributed by atoms with Crippen molar-refractivity contribution < 1.29 is 9.90 Å². The van der Waals surface area contributed by atoms with Crippen molar-refractivity contribution in [1.82, 2.24) is 14.5 Å². The number of hydrogen-bond donors (Lipinski definition) is 1. The average Bonchev–Trinajstić information content (AvgIpc) is 2.59. The zero-order chi connectivity index (χ0) is 11.1. The van der Waals surface area contributed by atoms with Crippen molar-refractivity contribution in [2.24, 2.45) is 0 Å². The third-order valence-corrected chi connectivity index (χ3v) is 3.15. The fourth-order valence-electron chi connectivity index (χ4n) is 2.00. The Morgan fingerprint density at radius 2 is 2.25 bits per heavy atom. The quantitative estimate of drug-likeness (QED) is 0.833. The van der Waals surface area contributed by atoms with Gasteiger partial charge in [-0.3, -0.25) is 0 Å². The summed E-state index contributed by atoms with van der Waals surface area (Å²) < 4.78 is 2.06. The number of nitrogens with zero attached hydrogens (tertiary/aromatic N) is 3. The molecule has 0 amide bonds. The summed E-state index contributed by atoms with van der Waals surface area (Å²) in [5.41, 5.74) is 1.71. The Morgan fingerprint density at radius 1 is 1.44 bits per heavy atom. The van der Waals surface area contributed by atoms with E-state index in [0.29, 0.717) is 6.04 Å². The summed E-state index contributed by atoms with van der Waals surface area (Å²) in [7, 11) is 0. The van der Waals surface area contributed by atoms with Crippen LogP contribution in [-0.4, -0.2) is 25.6 Å². The molecule has 5 nitrogen and oxygen atoms in total. The van der Waals surface area contributed by atoms with E-state index in [1.807, 2.05) is 0 Å². The van der Waals surface area contributed by atoms with Crippen LogP contribution in [-0.2, 0) is 0 Å². The number of carbonyl (C=O) groups is 1. The van der Waals surface area contributed by atoms with E-state index in [2.05, 4.69) is 14.5 Å². The molecular formula is C11H11N3O2. The third-order valence-electron chi connectivity index (χ3n) is 3.15. The molecule has 0 aliphatic heterocycles. The van der Waals surface area contributed by atoms with Crippen LogP contribution >= 0.6 is 0 Å². The van der Waals surface area contributed by atoms with E-state index >= 15 is 0 Å². The Kier molecular flexibility index (Phi) is 1.92. The summed E-state index contributed by atoms with van der Waals surface area (Å²) in [6.45, 7) is 0. The van der Waals surface area contributed by atoms with E-state index in [9.17, 15) is 4.79 Å². The van der Waals surface area contributed by atoms with Crippen LogP contribution in [0, 0.1) is 0 Å². The SMILES string of the molecule is O=C(O)c1cc2c(cn1)ncn2C1CCC1. The zero-order valence-corrected chi connectivity index (χ0v) is 8.63. The second-order valence-corrected chi connectivity index (χ2v) is 4.10. The molecule has 3 rings (SSSR count). The van der Waals surface area contributed by atoms with Gasteiger partial charge in [0.05, 0.1) is 18.0 Å². The molecule has 2 heterocycles. The molecule has 16 heavy (non-hydrogen) atoms. The first kappa shape index (κ1) is 9.33. The minimum Gasteiger partial charge on any atom is -0.477 e. The summed E-state index contributed by atoms with van der Waals surface area (Å²) in [5.74, 6) is -0.997. The van der Waals surface area contributed by atoms with Crippen LogP contribution in [0.1, 0.15) is 35.8 Å². The summed E-state index contributed by atoms with van der Waals surface area (Å²) in [6, 6.07) is 2.08. The molecule has 5 heteroatoms. The minimum atomic E-state index is -0.997. The Morgan fingerprint density at radius 3 is 2.88 bits per heavy atom. The molecule has 0 saturated heterocycles. The average molecular weight is 217 g/mol. The van der Waals surface area contributed by atoms with Crippen molar-refractivity contribution in [2.45, 2.75) is 25.3 Å². The van der Waals surface area contributed by atoms with Crippen molar-refractivity contribution in [2.75, 3.05) is 0 Å². The highest BCUT2D eigenvalue weighted by Crippen LogP contribution is 2.33. The second kappa shape index (κ2) is 3.30. The van der Waals surface area contributed by atoms with Crippen molar-refractivity contribution >= 4 is 17.0 Å². The molecule has 1 fully saturated rings. The number of carboxylic acid groups (broad SMARTS) is 1. The number of aromatic nitrogens is 3. The molecule has 82 valence electrons. The van der Waals surface area contributed by atoms with Gasteiger partial charge in [0.2, 0.25) is 0 Å². The van der Waals surface area contributed by atoms with Crippen LogP contribution in [0.25, 0.3) is 11.0 Å². The molecular weight excluding hydrogens is 206 g/mol. The lowest BCUT2D eigenvalue weighted by atomic mass is 9.93. The van der Waals surface area contributed by atoms with Gasteiger partial charge in [-0.15, -0.1) is 0 Å². The number of hydrogen-bond acceptors (Lipinski definition) is 3. The summed E-state index contributed by atoms with van der Waals surface area (Å²) >= 11 is 0. The van der Waals surface area contributed by atoms with Gasteiger partial charge in [-0.05, 0) is 25.3 Å². The van der Waals surface area contributed by atoms with E-state index in [0.717, 1.165) is 23.9 Å². The Hall–Kier alpha value is -1.91. The van der Waals surface area contributed by atoms with Crippen LogP contribution in [0.2, 0.25) is 0 Å². The van der Waals surface area contributed by atoms with Gasteiger partial charge >= 0.3 is 5.97 Å². The van der Waals surface area contributed by atoms with Crippen molar-refractivity contribution in [3.8, 4) is 0 Å². The van der Waals surface area contributed by atoms with Gasteiger partial charge in [0, 0.05) is 6.04 Å². The maximum atomic E-state index is 10.8. The Labute approximate surface area is 91.7 Å². The lowest BCUT2D eigenvalue weighted by molar-refractivity contribution is 0.0690. The van der Waals surface area contributed by atoms with E-state index < -0.39 is 5.97 Å². The molecule has 1 aliphatic carbocycles. The number of imidazole rings is 1. The molecule has 1 saturated carbocycles. The standard InChI is InChI=1S/C11H11N3O2/c15-11(16)8-4-10-9(5-12-8)13-6-14(10)7-2-1-3-7/h4-7H,1-3H2,(H,15,16).